The summed E-state index contributed by atoms with van der Waals surface area (Å²) in [6.45, 7) is 13.8. The van der Waals surface area contributed by atoms with E-state index in [2.05, 4.69) is 37.9 Å². The molecule has 118 valence electrons. The minimum absolute atomic E-state index is 0.297. The Labute approximate surface area is 125 Å². The van der Waals surface area contributed by atoms with Crippen molar-refractivity contribution in [2.24, 2.45) is 5.41 Å². The van der Waals surface area contributed by atoms with E-state index in [4.69, 9.17) is 4.74 Å². The lowest BCUT2D eigenvalue weighted by atomic mass is 9.64. The molecule has 2 fully saturated rings. The molecule has 0 amide bonds. The minimum Gasteiger partial charge on any atom is -0.378 e. The van der Waals surface area contributed by atoms with Gasteiger partial charge in [0.1, 0.15) is 0 Å². The van der Waals surface area contributed by atoms with E-state index in [1.54, 1.807) is 0 Å². The first kappa shape index (κ1) is 16.3. The average molecular weight is 282 g/mol. The van der Waals surface area contributed by atoms with Crippen molar-refractivity contribution in [2.45, 2.75) is 78.0 Å². The zero-order chi connectivity index (χ0) is 14.6. The second-order valence-electron chi connectivity index (χ2n) is 7.19. The molecular formula is C17H34N2O. The molecule has 3 heteroatoms. The van der Waals surface area contributed by atoms with Crippen LogP contribution >= 0.6 is 0 Å². The van der Waals surface area contributed by atoms with E-state index in [-0.39, 0.29) is 0 Å². The Kier molecular flexibility index (Phi) is 5.88. The quantitative estimate of drug-likeness (QED) is 0.810. The summed E-state index contributed by atoms with van der Waals surface area (Å²) >= 11 is 0. The molecule has 0 bridgehead atoms. The normalized spacial score (nSPS) is 34.5. The lowest BCUT2D eigenvalue weighted by Crippen LogP contribution is -2.62. The summed E-state index contributed by atoms with van der Waals surface area (Å²) in [5.41, 5.74) is 0.297. The van der Waals surface area contributed by atoms with Crippen molar-refractivity contribution in [2.75, 3.05) is 26.2 Å². The predicted octanol–water partition coefficient (Wildman–Crippen LogP) is 3.04. The number of likely N-dealkylation sites (tertiary alicyclic amines) is 1. The molecule has 0 aromatic rings. The molecule has 0 aromatic heterocycles. The number of ether oxygens (including phenoxy) is 1. The highest BCUT2D eigenvalue weighted by Gasteiger charge is 2.49. The topological polar surface area (TPSA) is 24.5 Å². The van der Waals surface area contributed by atoms with Crippen LogP contribution in [-0.4, -0.2) is 49.3 Å². The first-order valence-electron chi connectivity index (χ1n) is 8.67. The van der Waals surface area contributed by atoms with Crippen LogP contribution in [0.25, 0.3) is 0 Å². The molecule has 1 heterocycles. The lowest BCUT2D eigenvalue weighted by molar-refractivity contribution is -0.116. The van der Waals surface area contributed by atoms with E-state index in [0.717, 1.165) is 6.61 Å². The second kappa shape index (κ2) is 7.24. The van der Waals surface area contributed by atoms with Gasteiger partial charge in [0.05, 0.1) is 6.10 Å². The Balaban J connectivity index is 1.77. The maximum atomic E-state index is 5.84. The lowest BCUT2D eigenvalue weighted by Gasteiger charge is -2.53. The largest absolute Gasteiger partial charge is 0.378 e. The van der Waals surface area contributed by atoms with E-state index in [1.165, 1.54) is 51.7 Å². The van der Waals surface area contributed by atoms with Crippen molar-refractivity contribution in [3.05, 3.63) is 0 Å². The van der Waals surface area contributed by atoms with E-state index in [9.17, 15) is 0 Å². The summed E-state index contributed by atoms with van der Waals surface area (Å²) in [5, 5.41) is 3.93. The van der Waals surface area contributed by atoms with Gasteiger partial charge in [-0.05, 0) is 58.7 Å². The Bertz CT molecular complexity index is 293. The summed E-state index contributed by atoms with van der Waals surface area (Å²) < 4.78 is 5.84. The molecule has 3 atom stereocenters. The molecular weight excluding hydrogens is 248 g/mol. The van der Waals surface area contributed by atoms with Crippen LogP contribution in [0, 0.1) is 5.41 Å². The summed E-state index contributed by atoms with van der Waals surface area (Å²) in [5.74, 6) is 0. The van der Waals surface area contributed by atoms with Crippen LogP contribution in [0.2, 0.25) is 0 Å². The molecule has 0 radical (unpaired) electrons. The SMILES string of the molecule is CCCN1CCCC(NC2CC(OCC)C2(C)C)CC1. The molecule has 1 aliphatic heterocycles. The molecule has 1 aliphatic carbocycles. The number of rotatable bonds is 6. The first-order chi connectivity index (χ1) is 9.57. The van der Waals surface area contributed by atoms with Gasteiger partial charge in [0, 0.05) is 24.1 Å². The fraction of sp³-hybridized carbons (Fsp3) is 1.00. The molecule has 2 aliphatic rings. The third kappa shape index (κ3) is 3.75. The third-order valence-corrected chi connectivity index (χ3v) is 5.34. The van der Waals surface area contributed by atoms with Crippen molar-refractivity contribution in [1.29, 1.82) is 0 Å². The zero-order valence-electron chi connectivity index (χ0n) is 14.0. The molecule has 3 unspecified atom stereocenters. The van der Waals surface area contributed by atoms with Crippen molar-refractivity contribution in [3.63, 3.8) is 0 Å². The van der Waals surface area contributed by atoms with Gasteiger partial charge in [-0.3, -0.25) is 0 Å². The van der Waals surface area contributed by atoms with Gasteiger partial charge in [-0.2, -0.15) is 0 Å². The molecule has 0 spiro atoms. The van der Waals surface area contributed by atoms with Gasteiger partial charge in [0.15, 0.2) is 0 Å². The van der Waals surface area contributed by atoms with Gasteiger partial charge >= 0.3 is 0 Å². The maximum absolute atomic E-state index is 5.84. The van der Waals surface area contributed by atoms with Crippen molar-refractivity contribution in [3.8, 4) is 0 Å². The zero-order valence-corrected chi connectivity index (χ0v) is 14.0. The number of nitrogens with one attached hydrogen (secondary N) is 1. The summed E-state index contributed by atoms with van der Waals surface area (Å²) in [4.78, 5) is 2.64. The average Bonchev–Trinajstić information content (AvgIpc) is 2.64. The van der Waals surface area contributed by atoms with Gasteiger partial charge in [-0.15, -0.1) is 0 Å². The number of hydrogen-bond donors (Lipinski definition) is 1. The van der Waals surface area contributed by atoms with Crippen LogP contribution in [0.3, 0.4) is 0 Å². The standard InChI is InChI=1S/C17H34N2O/c1-5-10-19-11-7-8-14(9-12-19)18-15-13-16(20-6-2)17(15,3)4/h14-16,18H,5-13H2,1-4H3. The van der Waals surface area contributed by atoms with Crippen LogP contribution in [0.15, 0.2) is 0 Å². The Morgan fingerprint density at radius 2 is 2.00 bits per heavy atom. The summed E-state index contributed by atoms with van der Waals surface area (Å²) in [6, 6.07) is 1.35. The second-order valence-corrected chi connectivity index (χ2v) is 7.19. The van der Waals surface area contributed by atoms with E-state index in [0.29, 0.717) is 23.6 Å². The highest BCUT2D eigenvalue weighted by atomic mass is 16.5. The first-order valence-corrected chi connectivity index (χ1v) is 8.67. The molecule has 2 rings (SSSR count). The van der Waals surface area contributed by atoms with E-state index in [1.807, 2.05) is 0 Å². The van der Waals surface area contributed by atoms with E-state index < -0.39 is 0 Å². The Morgan fingerprint density at radius 1 is 1.20 bits per heavy atom. The van der Waals surface area contributed by atoms with Crippen molar-refractivity contribution >= 4 is 0 Å². The molecule has 3 nitrogen and oxygen atoms in total. The van der Waals surface area contributed by atoms with Crippen LogP contribution in [0.4, 0.5) is 0 Å². The van der Waals surface area contributed by atoms with Crippen molar-refractivity contribution < 1.29 is 4.74 Å². The van der Waals surface area contributed by atoms with Gasteiger partial charge < -0.3 is 15.0 Å². The fourth-order valence-corrected chi connectivity index (χ4v) is 3.80. The summed E-state index contributed by atoms with van der Waals surface area (Å²) in [6.07, 6.45) is 6.92. The fourth-order valence-electron chi connectivity index (χ4n) is 3.80. The third-order valence-electron chi connectivity index (χ3n) is 5.34. The van der Waals surface area contributed by atoms with Crippen LogP contribution in [-0.2, 0) is 4.74 Å². The molecule has 1 saturated carbocycles. The van der Waals surface area contributed by atoms with Crippen LogP contribution in [0.1, 0.15) is 59.8 Å². The highest BCUT2D eigenvalue weighted by Crippen LogP contribution is 2.43. The van der Waals surface area contributed by atoms with E-state index >= 15 is 0 Å². The highest BCUT2D eigenvalue weighted by molar-refractivity contribution is 5.03. The minimum atomic E-state index is 0.297. The smallest absolute Gasteiger partial charge is 0.0655 e. The molecule has 0 aromatic carbocycles. The van der Waals surface area contributed by atoms with Gasteiger partial charge in [0.25, 0.3) is 0 Å². The monoisotopic (exact) mass is 282 g/mol. The van der Waals surface area contributed by atoms with Gasteiger partial charge in [0.2, 0.25) is 0 Å². The van der Waals surface area contributed by atoms with Crippen molar-refractivity contribution in [1.82, 2.24) is 10.2 Å². The van der Waals surface area contributed by atoms with Crippen LogP contribution in [0.5, 0.6) is 0 Å². The number of nitrogens with zero attached hydrogens (tertiary/aromatic N) is 1. The van der Waals surface area contributed by atoms with Crippen LogP contribution < -0.4 is 5.32 Å². The Hall–Kier alpha value is -0.120. The maximum Gasteiger partial charge on any atom is 0.0655 e. The molecule has 20 heavy (non-hydrogen) atoms. The number of hydrogen-bond acceptors (Lipinski definition) is 3. The molecule has 1 N–H and O–H groups in total. The van der Waals surface area contributed by atoms with Gasteiger partial charge in [-0.25, -0.2) is 0 Å². The summed E-state index contributed by atoms with van der Waals surface area (Å²) in [7, 11) is 0. The predicted molar refractivity (Wildman–Crippen MR) is 85.1 cm³/mol. The Morgan fingerprint density at radius 3 is 2.65 bits per heavy atom. The van der Waals surface area contributed by atoms with Gasteiger partial charge in [-0.1, -0.05) is 20.8 Å². The molecule has 1 saturated heterocycles.